The monoisotopic (exact) mass is 430 g/mol. The van der Waals surface area contributed by atoms with Gasteiger partial charge in [0.1, 0.15) is 11.3 Å². The lowest BCUT2D eigenvalue weighted by Crippen LogP contribution is -2.33. The largest absolute Gasteiger partial charge is 0.340 e. The van der Waals surface area contributed by atoms with Gasteiger partial charge in [0.25, 0.3) is 5.91 Å². The molecule has 0 fully saturated rings. The highest BCUT2D eigenvalue weighted by Gasteiger charge is 2.24. The number of Topliss-reactive ketones (excluding diaryl/α,β-unsaturated/α-hetero) is 1. The van der Waals surface area contributed by atoms with E-state index in [0.717, 1.165) is 22.5 Å². The molecule has 1 amide bonds. The standard InChI is InChI=1S/C24H26N6O2/c1-25-10-12-28(2)24(32)19-15-26-29(3)23(19)21(31)13-17-9-11-30-16-20(27-22(30)14-17)18-7-5-4-6-8-18/h4-9,11,14-16,25H,10,12-13H2,1-3H3. The number of hydrogen-bond donors (Lipinski definition) is 1. The van der Waals surface area contributed by atoms with Gasteiger partial charge in [0.05, 0.1) is 17.5 Å². The molecule has 0 bridgehead atoms. The van der Waals surface area contributed by atoms with Crippen molar-refractivity contribution in [2.45, 2.75) is 6.42 Å². The molecule has 1 N–H and O–H groups in total. The second-order valence-corrected chi connectivity index (χ2v) is 7.75. The van der Waals surface area contributed by atoms with Crippen LogP contribution < -0.4 is 5.32 Å². The quantitative estimate of drug-likeness (QED) is 0.434. The first-order chi connectivity index (χ1) is 15.5. The molecule has 0 aliphatic rings. The highest BCUT2D eigenvalue weighted by atomic mass is 16.2. The highest BCUT2D eigenvalue weighted by Crippen LogP contribution is 2.20. The van der Waals surface area contributed by atoms with Crippen LogP contribution in [0.2, 0.25) is 0 Å². The zero-order chi connectivity index (χ0) is 22.7. The number of hydrogen-bond acceptors (Lipinski definition) is 5. The molecule has 32 heavy (non-hydrogen) atoms. The van der Waals surface area contributed by atoms with E-state index in [0.29, 0.717) is 24.3 Å². The number of carbonyl (C=O) groups is 2. The average molecular weight is 431 g/mol. The number of likely N-dealkylation sites (N-methyl/N-ethyl adjacent to an activating group) is 2. The Morgan fingerprint density at radius 1 is 1.16 bits per heavy atom. The fourth-order valence-corrected chi connectivity index (χ4v) is 3.66. The lowest BCUT2D eigenvalue weighted by atomic mass is 10.0. The molecule has 4 rings (SSSR count). The summed E-state index contributed by atoms with van der Waals surface area (Å²) in [7, 11) is 5.23. The summed E-state index contributed by atoms with van der Waals surface area (Å²) in [4.78, 5) is 32.3. The van der Waals surface area contributed by atoms with E-state index in [1.165, 1.54) is 10.9 Å². The minimum absolute atomic E-state index is 0.157. The third-order valence-electron chi connectivity index (χ3n) is 5.44. The maximum atomic E-state index is 13.1. The molecule has 0 unspecified atom stereocenters. The van der Waals surface area contributed by atoms with Crippen LogP contribution in [0.15, 0.2) is 61.1 Å². The van der Waals surface area contributed by atoms with Crippen LogP contribution in [-0.2, 0) is 13.5 Å². The summed E-state index contributed by atoms with van der Waals surface area (Å²) in [5, 5.41) is 7.18. The Bertz CT molecular complexity index is 1260. The second kappa shape index (κ2) is 9.15. The fraction of sp³-hybridized carbons (Fsp3) is 0.250. The topological polar surface area (TPSA) is 84.5 Å². The van der Waals surface area contributed by atoms with Gasteiger partial charge in [-0.25, -0.2) is 4.98 Å². The molecule has 0 aliphatic carbocycles. The van der Waals surface area contributed by atoms with E-state index in [-0.39, 0.29) is 18.1 Å². The van der Waals surface area contributed by atoms with Crippen molar-refractivity contribution in [1.82, 2.24) is 29.4 Å². The zero-order valence-electron chi connectivity index (χ0n) is 18.4. The second-order valence-electron chi connectivity index (χ2n) is 7.75. The Hall–Kier alpha value is -3.78. The lowest BCUT2D eigenvalue weighted by molar-refractivity contribution is 0.0790. The van der Waals surface area contributed by atoms with Crippen LogP contribution in [0.3, 0.4) is 0 Å². The first-order valence-electron chi connectivity index (χ1n) is 10.5. The summed E-state index contributed by atoms with van der Waals surface area (Å²) in [5.74, 6) is -0.373. The Morgan fingerprint density at radius 3 is 2.69 bits per heavy atom. The molecule has 0 aliphatic heterocycles. The smallest absolute Gasteiger partial charge is 0.257 e. The van der Waals surface area contributed by atoms with Crippen LogP contribution in [0, 0.1) is 0 Å². The van der Waals surface area contributed by atoms with E-state index in [1.54, 1.807) is 19.0 Å². The number of rotatable bonds is 8. The predicted molar refractivity (Wildman–Crippen MR) is 123 cm³/mol. The van der Waals surface area contributed by atoms with Crippen molar-refractivity contribution in [1.29, 1.82) is 0 Å². The van der Waals surface area contributed by atoms with Crippen molar-refractivity contribution in [3.05, 3.63) is 77.9 Å². The molecule has 0 saturated heterocycles. The third-order valence-corrected chi connectivity index (χ3v) is 5.44. The molecule has 0 atom stereocenters. The first kappa shape index (κ1) is 21.5. The van der Waals surface area contributed by atoms with Crippen LogP contribution in [0.25, 0.3) is 16.9 Å². The molecular weight excluding hydrogens is 404 g/mol. The predicted octanol–water partition coefficient (Wildman–Crippen LogP) is 2.45. The molecule has 1 aromatic carbocycles. The van der Waals surface area contributed by atoms with Crippen molar-refractivity contribution in [2.24, 2.45) is 7.05 Å². The molecule has 164 valence electrons. The summed E-state index contributed by atoms with van der Waals surface area (Å²) < 4.78 is 3.41. The van der Waals surface area contributed by atoms with Crippen LogP contribution in [0.5, 0.6) is 0 Å². The number of nitrogens with zero attached hydrogens (tertiary/aromatic N) is 5. The summed E-state index contributed by atoms with van der Waals surface area (Å²) >= 11 is 0. The van der Waals surface area contributed by atoms with Gasteiger partial charge in [-0.1, -0.05) is 30.3 Å². The van der Waals surface area contributed by atoms with E-state index in [9.17, 15) is 9.59 Å². The van der Waals surface area contributed by atoms with Crippen molar-refractivity contribution >= 4 is 17.3 Å². The van der Waals surface area contributed by atoms with Gasteiger partial charge < -0.3 is 14.6 Å². The number of benzene rings is 1. The van der Waals surface area contributed by atoms with Crippen LogP contribution in [0.4, 0.5) is 0 Å². The highest BCUT2D eigenvalue weighted by molar-refractivity contribution is 6.07. The first-order valence-corrected chi connectivity index (χ1v) is 10.5. The van der Waals surface area contributed by atoms with E-state index in [1.807, 2.05) is 66.3 Å². The number of carbonyl (C=O) groups excluding carboxylic acids is 2. The number of fused-ring (bicyclic) bond motifs is 1. The van der Waals surface area contributed by atoms with Crippen molar-refractivity contribution in [3.8, 4) is 11.3 Å². The number of nitrogens with one attached hydrogen (secondary N) is 1. The molecule has 0 spiro atoms. The van der Waals surface area contributed by atoms with Crippen molar-refractivity contribution in [2.75, 3.05) is 27.2 Å². The van der Waals surface area contributed by atoms with E-state index >= 15 is 0 Å². The van der Waals surface area contributed by atoms with Gasteiger partial charge >= 0.3 is 0 Å². The summed E-state index contributed by atoms with van der Waals surface area (Å²) in [6, 6.07) is 13.8. The number of ketones is 1. The Kier molecular flexibility index (Phi) is 6.13. The Morgan fingerprint density at radius 2 is 1.94 bits per heavy atom. The summed E-state index contributed by atoms with van der Waals surface area (Å²) in [6.45, 7) is 1.21. The SMILES string of the molecule is CNCCN(C)C(=O)c1cnn(C)c1C(=O)Cc1ccn2cc(-c3ccccc3)nc2c1. The van der Waals surface area contributed by atoms with Gasteiger partial charge in [-0.15, -0.1) is 0 Å². The van der Waals surface area contributed by atoms with Gasteiger partial charge in [-0.2, -0.15) is 5.10 Å². The number of pyridine rings is 1. The maximum absolute atomic E-state index is 13.1. The minimum Gasteiger partial charge on any atom is -0.340 e. The summed E-state index contributed by atoms with van der Waals surface area (Å²) in [5.41, 5.74) is 4.15. The van der Waals surface area contributed by atoms with Gasteiger partial charge in [0.15, 0.2) is 5.78 Å². The molecule has 0 radical (unpaired) electrons. The number of imidazole rings is 1. The van der Waals surface area contributed by atoms with Gasteiger partial charge in [-0.05, 0) is 24.7 Å². The molecule has 0 saturated carbocycles. The van der Waals surface area contributed by atoms with Gasteiger partial charge in [0, 0.05) is 51.6 Å². The molecule has 3 heterocycles. The van der Waals surface area contributed by atoms with E-state index in [2.05, 4.69) is 10.4 Å². The van der Waals surface area contributed by atoms with Crippen molar-refractivity contribution < 1.29 is 9.59 Å². The Balaban J connectivity index is 1.57. The zero-order valence-corrected chi connectivity index (χ0v) is 18.4. The molecule has 8 heteroatoms. The number of amides is 1. The third kappa shape index (κ3) is 4.31. The normalized spacial score (nSPS) is 11.1. The minimum atomic E-state index is -0.215. The van der Waals surface area contributed by atoms with Crippen LogP contribution in [-0.4, -0.2) is 62.9 Å². The fourth-order valence-electron chi connectivity index (χ4n) is 3.66. The lowest BCUT2D eigenvalue weighted by Gasteiger charge is -2.17. The molecular formula is C24H26N6O2. The number of aryl methyl sites for hydroxylation is 1. The van der Waals surface area contributed by atoms with Crippen LogP contribution in [0.1, 0.15) is 26.4 Å². The summed E-state index contributed by atoms with van der Waals surface area (Å²) in [6.07, 6.45) is 5.49. The van der Waals surface area contributed by atoms with Gasteiger partial charge in [-0.3, -0.25) is 14.3 Å². The van der Waals surface area contributed by atoms with Gasteiger partial charge in [0.2, 0.25) is 0 Å². The van der Waals surface area contributed by atoms with Crippen LogP contribution >= 0.6 is 0 Å². The number of aromatic nitrogens is 4. The average Bonchev–Trinajstić information content (AvgIpc) is 3.40. The van der Waals surface area contributed by atoms with E-state index in [4.69, 9.17) is 4.98 Å². The van der Waals surface area contributed by atoms with E-state index < -0.39 is 0 Å². The molecule has 8 nitrogen and oxygen atoms in total. The van der Waals surface area contributed by atoms with Crippen molar-refractivity contribution in [3.63, 3.8) is 0 Å². The molecule has 4 aromatic rings. The maximum Gasteiger partial charge on any atom is 0.257 e. The Labute approximate surface area is 186 Å². The molecule has 3 aromatic heterocycles.